The molecular weight excluding hydrogens is 304 g/mol. The molecule has 1 aliphatic heterocycles. The molecule has 5 nitrogen and oxygen atoms in total. The lowest BCUT2D eigenvalue weighted by Gasteiger charge is -2.26. The maximum Gasteiger partial charge on any atom is 0.235 e. The Morgan fingerprint density at radius 2 is 1.79 bits per heavy atom. The third kappa shape index (κ3) is 2.43. The summed E-state index contributed by atoms with van der Waals surface area (Å²) in [5.41, 5.74) is 3.12. The highest BCUT2D eigenvalue weighted by molar-refractivity contribution is 5.97. The van der Waals surface area contributed by atoms with E-state index in [1.165, 1.54) is 0 Å². The van der Waals surface area contributed by atoms with Crippen LogP contribution in [-0.4, -0.2) is 32.4 Å². The Bertz CT molecular complexity index is 902. The summed E-state index contributed by atoms with van der Waals surface area (Å²) >= 11 is 0. The lowest BCUT2D eigenvalue weighted by atomic mass is 10.0. The van der Waals surface area contributed by atoms with E-state index in [9.17, 15) is 15.1 Å². The molecule has 1 unspecified atom stereocenters. The minimum absolute atomic E-state index is 0.0684. The van der Waals surface area contributed by atoms with Crippen molar-refractivity contribution in [2.75, 3.05) is 6.54 Å². The van der Waals surface area contributed by atoms with E-state index in [-0.39, 0.29) is 25.4 Å². The van der Waals surface area contributed by atoms with Crippen molar-refractivity contribution in [2.45, 2.75) is 19.1 Å². The molecule has 2 N–H and O–H groups in total. The number of aliphatic hydroxyl groups excluding tert-OH is 1. The van der Waals surface area contributed by atoms with Gasteiger partial charge in [0.05, 0.1) is 31.1 Å². The van der Waals surface area contributed by atoms with Crippen molar-refractivity contribution >= 4 is 16.8 Å². The summed E-state index contributed by atoms with van der Waals surface area (Å²) in [6.07, 6.45) is -0.539. The van der Waals surface area contributed by atoms with Gasteiger partial charge in [0.25, 0.3) is 0 Å². The van der Waals surface area contributed by atoms with Gasteiger partial charge in [-0.05, 0) is 11.6 Å². The lowest BCUT2D eigenvalue weighted by molar-refractivity contribution is -0.131. The van der Waals surface area contributed by atoms with Crippen molar-refractivity contribution in [3.63, 3.8) is 0 Å². The fourth-order valence-electron chi connectivity index (χ4n) is 3.51. The molecule has 3 aromatic rings. The van der Waals surface area contributed by atoms with Gasteiger partial charge in [0, 0.05) is 16.6 Å². The Morgan fingerprint density at radius 3 is 2.58 bits per heavy atom. The number of carbonyl (C=O) groups is 1. The van der Waals surface area contributed by atoms with Gasteiger partial charge in [-0.1, -0.05) is 48.5 Å². The molecule has 0 bridgehead atoms. The number of carbonyl (C=O) groups excluding carboxylic acids is 1. The van der Waals surface area contributed by atoms with Crippen LogP contribution in [0.1, 0.15) is 27.7 Å². The Kier molecular flexibility index (Phi) is 3.69. The topological polar surface area (TPSA) is 65.7 Å². The molecule has 1 aliphatic rings. The molecule has 1 aromatic heterocycles. The highest BCUT2D eigenvalue weighted by atomic mass is 16.5. The van der Waals surface area contributed by atoms with Gasteiger partial charge >= 0.3 is 0 Å². The molecular formula is C19H18N2O3. The number of para-hydroxylation sites is 1. The van der Waals surface area contributed by atoms with E-state index in [0.29, 0.717) is 5.69 Å². The van der Waals surface area contributed by atoms with Gasteiger partial charge in [-0.25, -0.2) is 0 Å². The number of rotatable bonds is 2. The van der Waals surface area contributed by atoms with Crippen LogP contribution in [-0.2, 0) is 13.0 Å². The molecule has 0 amide bonds. The van der Waals surface area contributed by atoms with E-state index in [1.807, 2.05) is 54.6 Å². The number of aliphatic hydroxyl groups is 1. The maximum atomic E-state index is 13.0. The van der Waals surface area contributed by atoms with E-state index in [1.54, 1.807) is 4.57 Å². The van der Waals surface area contributed by atoms with Gasteiger partial charge in [0.2, 0.25) is 5.91 Å². The predicted molar refractivity (Wildman–Crippen MR) is 89.9 cm³/mol. The molecule has 0 aliphatic carbocycles. The number of fused-ring (bicyclic) bond motifs is 3. The van der Waals surface area contributed by atoms with Crippen LogP contribution in [0.2, 0.25) is 0 Å². The van der Waals surface area contributed by atoms with Crippen molar-refractivity contribution in [3.05, 3.63) is 71.4 Å². The van der Waals surface area contributed by atoms with Gasteiger partial charge in [-0.3, -0.25) is 9.36 Å². The summed E-state index contributed by atoms with van der Waals surface area (Å²) in [5.74, 6) is -0.0684. The molecule has 0 saturated heterocycles. The zero-order chi connectivity index (χ0) is 16.7. The van der Waals surface area contributed by atoms with Crippen molar-refractivity contribution < 1.29 is 15.1 Å². The Labute approximate surface area is 139 Å². The Hall–Kier alpha value is -2.47. The highest BCUT2D eigenvalue weighted by Gasteiger charge is 2.31. The molecule has 2 aromatic carbocycles. The highest BCUT2D eigenvalue weighted by Crippen LogP contribution is 2.35. The number of β-amino-alcohol motifs (C(OH)–C–C–N with tert-alkyl or cyclic N) is 1. The van der Waals surface area contributed by atoms with E-state index in [4.69, 9.17) is 0 Å². The Morgan fingerprint density at radius 1 is 1.08 bits per heavy atom. The van der Waals surface area contributed by atoms with Gasteiger partial charge < -0.3 is 10.3 Å². The lowest BCUT2D eigenvalue weighted by Crippen LogP contribution is -2.32. The van der Waals surface area contributed by atoms with Crippen molar-refractivity contribution in [1.82, 2.24) is 9.63 Å². The zero-order valence-corrected chi connectivity index (χ0v) is 13.1. The fourth-order valence-corrected chi connectivity index (χ4v) is 3.51. The quantitative estimate of drug-likeness (QED) is 0.761. The van der Waals surface area contributed by atoms with Crippen LogP contribution in [0.4, 0.5) is 0 Å². The largest absolute Gasteiger partial charge is 0.387 e. The summed E-state index contributed by atoms with van der Waals surface area (Å²) in [5, 5.41) is 22.2. The molecule has 0 saturated carbocycles. The second kappa shape index (κ2) is 5.87. The molecule has 4 rings (SSSR count). The van der Waals surface area contributed by atoms with Gasteiger partial charge in [0.15, 0.2) is 0 Å². The van der Waals surface area contributed by atoms with Crippen LogP contribution >= 0.6 is 0 Å². The SMILES string of the molecule is O=C(Cc1ccccc1)n1c2c(c3ccccc31)C(O)CN(O)C2. The van der Waals surface area contributed by atoms with Gasteiger partial charge in [-0.2, -0.15) is 5.06 Å². The van der Waals surface area contributed by atoms with Crippen molar-refractivity contribution in [2.24, 2.45) is 0 Å². The Balaban J connectivity index is 1.86. The summed E-state index contributed by atoms with van der Waals surface area (Å²) in [6.45, 7) is 0.371. The third-order valence-corrected chi connectivity index (χ3v) is 4.51. The first-order valence-corrected chi connectivity index (χ1v) is 7.96. The van der Waals surface area contributed by atoms with Crippen LogP contribution < -0.4 is 0 Å². The maximum absolute atomic E-state index is 13.0. The van der Waals surface area contributed by atoms with Crippen LogP contribution in [0.25, 0.3) is 10.9 Å². The minimum atomic E-state index is -0.811. The molecule has 0 radical (unpaired) electrons. The fraction of sp³-hybridized carbons (Fsp3) is 0.211. The zero-order valence-electron chi connectivity index (χ0n) is 13.1. The van der Waals surface area contributed by atoms with E-state index < -0.39 is 6.10 Å². The monoisotopic (exact) mass is 322 g/mol. The number of aromatic nitrogens is 1. The van der Waals surface area contributed by atoms with Crippen LogP contribution in [0.15, 0.2) is 54.6 Å². The number of hydroxylamine groups is 2. The van der Waals surface area contributed by atoms with Crippen LogP contribution in [0.3, 0.4) is 0 Å². The molecule has 5 heteroatoms. The normalized spacial score (nSPS) is 17.8. The summed E-state index contributed by atoms with van der Waals surface area (Å²) in [7, 11) is 0. The van der Waals surface area contributed by atoms with Crippen molar-refractivity contribution in [1.29, 1.82) is 0 Å². The number of benzene rings is 2. The molecule has 0 fully saturated rings. The van der Waals surface area contributed by atoms with Crippen molar-refractivity contribution in [3.8, 4) is 0 Å². The van der Waals surface area contributed by atoms with Crippen LogP contribution in [0.5, 0.6) is 0 Å². The standard InChI is InChI=1S/C19H18N2O3/c22-17-12-20(24)11-16-19(17)14-8-4-5-9-15(14)21(16)18(23)10-13-6-2-1-3-7-13/h1-9,17,22,24H,10-12H2. The van der Waals surface area contributed by atoms with Gasteiger partial charge in [-0.15, -0.1) is 0 Å². The molecule has 1 atom stereocenters. The average Bonchev–Trinajstić information content (AvgIpc) is 2.90. The molecule has 2 heterocycles. The first kappa shape index (κ1) is 15.1. The predicted octanol–water partition coefficient (Wildman–Crippen LogP) is 2.76. The van der Waals surface area contributed by atoms with Crippen LogP contribution in [0, 0.1) is 0 Å². The first-order chi connectivity index (χ1) is 11.6. The molecule has 122 valence electrons. The number of hydrogen-bond acceptors (Lipinski definition) is 4. The first-order valence-electron chi connectivity index (χ1n) is 7.96. The van der Waals surface area contributed by atoms with E-state index >= 15 is 0 Å². The summed E-state index contributed by atoms with van der Waals surface area (Å²) in [6, 6.07) is 17.1. The third-order valence-electron chi connectivity index (χ3n) is 4.51. The average molecular weight is 322 g/mol. The number of hydrogen-bond donors (Lipinski definition) is 2. The summed E-state index contributed by atoms with van der Waals surface area (Å²) in [4.78, 5) is 13.0. The number of nitrogens with zero attached hydrogens (tertiary/aromatic N) is 2. The molecule has 0 spiro atoms. The van der Waals surface area contributed by atoms with E-state index in [0.717, 1.165) is 27.1 Å². The second-order valence-electron chi connectivity index (χ2n) is 6.13. The minimum Gasteiger partial charge on any atom is -0.387 e. The van der Waals surface area contributed by atoms with Gasteiger partial charge in [0.1, 0.15) is 0 Å². The summed E-state index contributed by atoms with van der Waals surface area (Å²) < 4.78 is 1.64. The smallest absolute Gasteiger partial charge is 0.235 e. The van der Waals surface area contributed by atoms with E-state index in [2.05, 4.69) is 0 Å². The molecule has 24 heavy (non-hydrogen) atoms. The second-order valence-corrected chi connectivity index (χ2v) is 6.13.